The molecule has 5 nitrogen and oxygen atoms in total. The van der Waals surface area contributed by atoms with Crippen molar-refractivity contribution >= 4 is 17.5 Å². The van der Waals surface area contributed by atoms with Gasteiger partial charge in [0.05, 0.1) is 0 Å². The van der Waals surface area contributed by atoms with E-state index in [1.165, 1.54) is 0 Å². The molecule has 0 bridgehead atoms. The summed E-state index contributed by atoms with van der Waals surface area (Å²) in [5.41, 5.74) is 3.55. The lowest BCUT2D eigenvalue weighted by Crippen LogP contribution is -2.43. The zero-order chi connectivity index (χ0) is 18.3. The van der Waals surface area contributed by atoms with Crippen molar-refractivity contribution in [3.05, 3.63) is 59.2 Å². The Labute approximate surface area is 153 Å². The van der Waals surface area contributed by atoms with Crippen LogP contribution in [0.3, 0.4) is 0 Å². The van der Waals surface area contributed by atoms with Crippen molar-refractivity contribution in [3.8, 4) is 5.75 Å². The largest absolute Gasteiger partial charge is 0.483 e. The third-order valence-electron chi connectivity index (χ3n) is 5.05. The second-order valence-electron chi connectivity index (χ2n) is 7.02. The van der Waals surface area contributed by atoms with Gasteiger partial charge >= 0.3 is 0 Å². The highest BCUT2D eigenvalue weighted by atomic mass is 16.5. The summed E-state index contributed by atoms with van der Waals surface area (Å²) in [6, 6.07) is 12.8. The number of hydrogen-bond acceptors (Lipinski definition) is 3. The number of fused-ring (bicyclic) bond motifs is 1. The fraction of sp³-hybridized carbons (Fsp3) is 0.333. The third-order valence-corrected chi connectivity index (χ3v) is 5.05. The lowest BCUT2D eigenvalue weighted by molar-refractivity contribution is -0.140. The van der Waals surface area contributed by atoms with Crippen LogP contribution < -0.4 is 10.1 Å². The average molecular weight is 350 g/mol. The summed E-state index contributed by atoms with van der Waals surface area (Å²) in [4.78, 5) is 27.7. The first-order chi connectivity index (χ1) is 12.6. The van der Waals surface area contributed by atoms with E-state index in [2.05, 4.69) is 5.32 Å². The molecule has 2 aromatic carbocycles. The number of anilines is 1. The first kappa shape index (κ1) is 16.6. The van der Waals surface area contributed by atoms with Gasteiger partial charge in [0.15, 0.2) is 6.61 Å². The summed E-state index contributed by atoms with van der Waals surface area (Å²) in [5, 5.41) is 3.06. The standard InChI is InChI=1S/C21H22N2O3/c1-13-6-5-7-14(2)19(13)22-21(25)20-16-8-3-4-9-17(16)26-12-18(24)23(20)15-10-11-15/h3-9,15,20H,10-12H2,1-2H3,(H,22,25). The minimum Gasteiger partial charge on any atom is -0.483 e. The van der Waals surface area contributed by atoms with E-state index in [1.54, 1.807) is 4.90 Å². The summed E-state index contributed by atoms with van der Waals surface area (Å²) in [5.74, 6) is 0.275. The maximum atomic E-state index is 13.3. The van der Waals surface area contributed by atoms with Gasteiger partial charge in [0.1, 0.15) is 11.8 Å². The number of carbonyl (C=O) groups excluding carboxylic acids is 2. The Morgan fingerprint density at radius 3 is 2.46 bits per heavy atom. The first-order valence-corrected chi connectivity index (χ1v) is 8.96. The van der Waals surface area contributed by atoms with Gasteiger partial charge in [-0.15, -0.1) is 0 Å². The molecular weight excluding hydrogens is 328 g/mol. The molecular formula is C21H22N2O3. The van der Waals surface area contributed by atoms with Crippen LogP contribution in [0.4, 0.5) is 5.69 Å². The molecule has 2 amide bonds. The molecule has 1 atom stereocenters. The predicted octanol–water partition coefficient (Wildman–Crippen LogP) is 3.37. The Kier molecular flexibility index (Phi) is 4.15. The molecule has 0 aromatic heterocycles. The number of carbonyl (C=O) groups is 2. The zero-order valence-electron chi connectivity index (χ0n) is 15.0. The van der Waals surface area contributed by atoms with E-state index in [0.717, 1.165) is 35.2 Å². The number of ether oxygens (including phenoxy) is 1. The molecule has 1 heterocycles. The average Bonchev–Trinajstić information content (AvgIpc) is 3.46. The number of nitrogens with one attached hydrogen (secondary N) is 1. The van der Waals surface area contributed by atoms with E-state index in [0.29, 0.717) is 5.75 Å². The fourth-order valence-corrected chi connectivity index (χ4v) is 3.58. The Bertz CT molecular complexity index is 853. The topological polar surface area (TPSA) is 58.6 Å². The molecule has 0 spiro atoms. The van der Waals surface area contributed by atoms with Gasteiger partial charge in [0, 0.05) is 17.3 Å². The zero-order valence-corrected chi connectivity index (χ0v) is 15.0. The van der Waals surface area contributed by atoms with Gasteiger partial charge in [0.25, 0.3) is 11.8 Å². The van der Waals surface area contributed by atoms with Crippen LogP contribution in [0.5, 0.6) is 5.75 Å². The van der Waals surface area contributed by atoms with Crippen LogP contribution in [0, 0.1) is 13.8 Å². The van der Waals surface area contributed by atoms with Crippen molar-refractivity contribution < 1.29 is 14.3 Å². The normalized spacial score (nSPS) is 19.4. The van der Waals surface area contributed by atoms with E-state index >= 15 is 0 Å². The maximum absolute atomic E-state index is 13.3. The number of hydrogen-bond donors (Lipinski definition) is 1. The Hall–Kier alpha value is -2.82. The molecule has 26 heavy (non-hydrogen) atoms. The lowest BCUT2D eigenvalue weighted by atomic mass is 10.0. The number of para-hydroxylation sites is 2. The van der Waals surface area contributed by atoms with Crippen LogP contribution in [-0.2, 0) is 9.59 Å². The quantitative estimate of drug-likeness (QED) is 0.923. The van der Waals surface area contributed by atoms with Gasteiger partial charge in [0.2, 0.25) is 0 Å². The van der Waals surface area contributed by atoms with Gasteiger partial charge in [-0.2, -0.15) is 0 Å². The highest BCUT2D eigenvalue weighted by Crippen LogP contribution is 2.40. The summed E-state index contributed by atoms with van der Waals surface area (Å²) >= 11 is 0. The molecule has 134 valence electrons. The van der Waals surface area contributed by atoms with E-state index < -0.39 is 6.04 Å². The summed E-state index contributed by atoms with van der Waals surface area (Å²) in [6.07, 6.45) is 1.86. The second-order valence-corrected chi connectivity index (χ2v) is 7.02. The SMILES string of the molecule is Cc1cccc(C)c1NC(=O)C1c2ccccc2OCC(=O)N1C1CC1. The van der Waals surface area contributed by atoms with E-state index in [1.807, 2.05) is 56.3 Å². The van der Waals surface area contributed by atoms with Crippen molar-refractivity contribution in [2.24, 2.45) is 0 Å². The van der Waals surface area contributed by atoms with Crippen LogP contribution in [0.1, 0.15) is 35.6 Å². The predicted molar refractivity (Wildman–Crippen MR) is 99.1 cm³/mol. The molecule has 1 aliphatic heterocycles. The molecule has 2 aromatic rings. The summed E-state index contributed by atoms with van der Waals surface area (Å²) in [6.45, 7) is 3.91. The van der Waals surface area contributed by atoms with Crippen LogP contribution >= 0.6 is 0 Å². The number of nitrogens with zero attached hydrogens (tertiary/aromatic N) is 1. The highest BCUT2D eigenvalue weighted by Gasteiger charge is 2.44. The molecule has 1 saturated carbocycles. The van der Waals surface area contributed by atoms with Crippen LogP contribution in [0.25, 0.3) is 0 Å². The third kappa shape index (κ3) is 2.94. The highest BCUT2D eigenvalue weighted by molar-refractivity contribution is 6.00. The molecule has 5 heteroatoms. The Morgan fingerprint density at radius 2 is 1.77 bits per heavy atom. The van der Waals surface area contributed by atoms with Crippen molar-refractivity contribution in [2.75, 3.05) is 11.9 Å². The molecule has 0 saturated heterocycles. The number of amides is 2. The van der Waals surface area contributed by atoms with Gasteiger partial charge in [-0.3, -0.25) is 9.59 Å². The smallest absolute Gasteiger partial charge is 0.261 e. The van der Waals surface area contributed by atoms with E-state index in [9.17, 15) is 9.59 Å². The van der Waals surface area contributed by atoms with Crippen LogP contribution in [0.15, 0.2) is 42.5 Å². The van der Waals surface area contributed by atoms with E-state index in [4.69, 9.17) is 4.74 Å². The van der Waals surface area contributed by atoms with Gasteiger partial charge in [-0.1, -0.05) is 36.4 Å². The Balaban J connectivity index is 1.75. The molecule has 1 fully saturated rings. The van der Waals surface area contributed by atoms with E-state index in [-0.39, 0.29) is 24.5 Å². The summed E-state index contributed by atoms with van der Waals surface area (Å²) < 4.78 is 5.68. The lowest BCUT2D eigenvalue weighted by Gasteiger charge is -2.29. The van der Waals surface area contributed by atoms with Crippen LogP contribution in [0.2, 0.25) is 0 Å². The van der Waals surface area contributed by atoms with Crippen molar-refractivity contribution in [1.29, 1.82) is 0 Å². The molecule has 2 aliphatic rings. The first-order valence-electron chi connectivity index (χ1n) is 8.96. The number of aryl methyl sites for hydroxylation is 2. The molecule has 4 rings (SSSR count). The fourth-order valence-electron chi connectivity index (χ4n) is 3.58. The van der Waals surface area contributed by atoms with Crippen molar-refractivity contribution in [3.63, 3.8) is 0 Å². The van der Waals surface area contributed by atoms with Gasteiger partial charge < -0.3 is 15.0 Å². The summed E-state index contributed by atoms with van der Waals surface area (Å²) in [7, 11) is 0. The monoisotopic (exact) mass is 350 g/mol. The minimum atomic E-state index is -0.673. The maximum Gasteiger partial charge on any atom is 0.261 e. The molecule has 1 N–H and O–H groups in total. The van der Waals surface area contributed by atoms with Gasteiger partial charge in [-0.05, 0) is 43.9 Å². The molecule has 0 radical (unpaired) electrons. The Morgan fingerprint density at radius 1 is 1.08 bits per heavy atom. The molecule has 1 unspecified atom stereocenters. The van der Waals surface area contributed by atoms with Gasteiger partial charge in [-0.25, -0.2) is 0 Å². The molecule has 1 aliphatic carbocycles. The minimum absolute atomic E-state index is 0.0271. The van der Waals surface area contributed by atoms with Crippen molar-refractivity contribution in [2.45, 2.75) is 38.8 Å². The second kappa shape index (κ2) is 6.48. The number of rotatable bonds is 3. The van der Waals surface area contributed by atoms with Crippen molar-refractivity contribution in [1.82, 2.24) is 4.90 Å². The number of benzene rings is 2. The van der Waals surface area contributed by atoms with Crippen LogP contribution in [-0.4, -0.2) is 29.4 Å².